The van der Waals surface area contributed by atoms with Crippen molar-refractivity contribution in [3.8, 4) is 11.5 Å². The van der Waals surface area contributed by atoms with Crippen molar-refractivity contribution in [2.24, 2.45) is 11.8 Å². The number of carbonyl (C=O) groups excluding carboxylic acids is 3. The molecule has 34 heavy (non-hydrogen) atoms. The maximum Gasteiger partial charge on any atom is 0.234 e. The smallest absolute Gasteiger partial charge is 0.234 e. The Morgan fingerprint density at radius 2 is 1.74 bits per heavy atom. The van der Waals surface area contributed by atoms with Gasteiger partial charge in [0.1, 0.15) is 5.60 Å². The Balaban J connectivity index is 1.37. The van der Waals surface area contributed by atoms with Gasteiger partial charge in [-0.1, -0.05) is 12.2 Å². The quantitative estimate of drug-likeness (QED) is 0.638. The summed E-state index contributed by atoms with van der Waals surface area (Å²) in [6.45, 7) is 1.76. The van der Waals surface area contributed by atoms with E-state index in [1.54, 1.807) is 54.5 Å². The van der Waals surface area contributed by atoms with Crippen molar-refractivity contribution in [2.75, 3.05) is 36.3 Å². The SMILES string of the molecule is COc1ccc(NC(=O)C2[C@@H]3C=C[C@@]4(CN(c5ccc(NC(C)=O)cc5)C(=O)[C@@H]24)O3)cc1OC. The van der Waals surface area contributed by atoms with Crippen LogP contribution in [0.1, 0.15) is 6.92 Å². The van der Waals surface area contributed by atoms with E-state index in [4.69, 9.17) is 14.2 Å². The molecule has 5 rings (SSSR count). The van der Waals surface area contributed by atoms with Crippen LogP contribution in [0.25, 0.3) is 0 Å². The second-order valence-electron chi connectivity index (χ2n) is 8.61. The lowest BCUT2D eigenvalue weighted by atomic mass is 9.77. The standard InChI is InChI=1S/C25H25N3O6/c1-14(29)26-15-4-7-17(8-5-15)28-13-25-11-10-19(34-25)21(22(25)24(28)31)23(30)27-16-6-9-18(32-2)20(12-16)33-3/h4-12,19,21-22H,13H2,1-3H3,(H,26,29)(H,27,30)/t19-,21?,22+,25-/m0/s1. The third-order valence-corrected chi connectivity index (χ3v) is 6.55. The predicted molar refractivity (Wildman–Crippen MR) is 125 cm³/mol. The number of methoxy groups -OCH3 is 2. The number of amides is 3. The van der Waals surface area contributed by atoms with Crippen molar-refractivity contribution in [3.63, 3.8) is 0 Å². The molecule has 0 radical (unpaired) electrons. The molecule has 2 fully saturated rings. The molecule has 2 N–H and O–H groups in total. The molecule has 1 unspecified atom stereocenters. The summed E-state index contributed by atoms with van der Waals surface area (Å²) in [7, 11) is 3.07. The van der Waals surface area contributed by atoms with E-state index in [0.29, 0.717) is 35.1 Å². The minimum absolute atomic E-state index is 0.161. The van der Waals surface area contributed by atoms with Crippen molar-refractivity contribution in [3.05, 3.63) is 54.6 Å². The molecule has 3 aliphatic heterocycles. The van der Waals surface area contributed by atoms with Crippen molar-refractivity contribution >= 4 is 34.8 Å². The van der Waals surface area contributed by atoms with Crippen LogP contribution in [0.3, 0.4) is 0 Å². The third kappa shape index (κ3) is 3.49. The average molecular weight is 463 g/mol. The van der Waals surface area contributed by atoms with Gasteiger partial charge in [-0.15, -0.1) is 0 Å². The highest BCUT2D eigenvalue weighted by atomic mass is 16.5. The van der Waals surface area contributed by atoms with E-state index in [1.807, 2.05) is 12.2 Å². The van der Waals surface area contributed by atoms with Gasteiger partial charge < -0.3 is 29.7 Å². The van der Waals surface area contributed by atoms with Gasteiger partial charge in [0.05, 0.1) is 38.7 Å². The second kappa shape index (κ2) is 8.18. The number of hydrogen-bond donors (Lipinski definition) is 2. The first kappa shape index (κ1) is 22.0. The van der Waals surface area contributed by atoms with E-state index < -0.39 is 23.5 Å². The Kier molecular flexibility index (Phi) is 5.28. The van der Waals surface area contributed by atoms with E-state index in [1.165, 1.54) is 14.0 Å². The molecule has 3 aliphatic rings. The van der Waals surface area contributed by atoms with Gasteiger partial charge in [0, 0.05) is 30.1 Å². The minimum Gasteiger partial charge on any atom is -0.493 e. The summed E-state index contributed by atoms with van der Waals surface area (Å²) in [6.07, 6.45) is 3.32. The first-order valence-corrected chi connectivity index (χ1v) is 10.9. The summed E-state index contributed by atoms with van der Waals surface area (Å²) in [6, 6.07) is 12.1. The zero-order chi connectivity index (χ0) is 24.0. The van der Waals surface area contributed by atoms with Crippen molar-refractivity contribution in [1.29, 1.82) is 0 Å². The summed E-state index contributed by atoms with van der Waals surface area (Å²) in [5.41, 5.74) is 1.03. The van der Waals surface area contributed by atoms with Crippen LogP contribution in [0.4, 0.5) is 17.1 Å². The molecule has 1 spiro atoms. The lowest BCUT2D eigenvalue weighted by molar-refractivity contribution is -0.128. The van der Waals surface area contributed by atoms with Crippen LogP contribution in [0.2, 0.25) is 0 Å². The maximum atomic E-state index is 13.5. The highest BCUT2D eigenvalue weighted by Crippen LogP contribution is 2.53. The fourth-order valence-electron chi connectivity index (χ4n) is 5.08. The van der Waals surface area contributed by atoms with Gasteiger partial charge in [0.2, 0.25) is 17.7 Å². The number of anilines is 3. The Hall–Kier alpha value is -3.85. The van der Waals surface area contributed by atoms with Gasteiger partial charge in [0.25, 0.3) is 0 Å². The minimum atomic E-state index is -0.836. The molecule has 2 aromatic carbocycles. The molecule has 0 aliphatic carbocycles. The monoisotopic (exact) mass is 463 g/mol. The predicted octanol–water partition coefficient (Wildman–Crippen LogP) is 2.59. The molecule has 0 saturated carbocycles. The summed E-state index contributed by atoms with van der Waals surface area (Å²) >= 11 is 0. The summed E-state index contributed by atoms with van der Waals surface area (Å²) in [5, 5.41) is 5.62. The zero-order valence-electron chi connectivity index (χ0n) is 19.0. The van der Waals surface area contributed by atoms with Gasteiger partial charge in [-0.3, -0.25) is 14.4 Å². The molecule has 3 heterocycles. The molecule has 2 aromatic rings. The van der Waals surface area contributed by atoms with Crippen LogP contribution in [0.5, 0.6) is 11.5 Å². The molecular weight excluding hydrogens is 438 g/mol. The number of ether oxygens (including phenoxy) is 3. The second-order valence-corrected chi connectivity index (χ2v) is 8.61. The lowest BCUT2D eigenvalue weighted by Crippen LogP contribution is -2.41. The number of rotatable bonds is 6. The number of carbonyl (C=O) groups is 3. The number of benzene rings is 2. The molecule has 9 heteroatoms. The van der Waals surface area contributed by atoms with Crippen LogP contribution in [-0.2, 0) is 19.1 Å². The van der Waals surface area contributed by atoms with E-state index in [9.17, 15) is 14.4 Å². The third-order valence-electron chi connectivity index (χ3n) is 6.55. The van der Waals surface area contributed by atoms with Crippen LogP contribution in [0, 0.1) is 11.8 Å². The summed E-state index contributed by atoms with van der Waals surface area (Å²) in [5.74, 6) is -0.857. The number of nitrogens with one attached hydrogen (secondary N) is 2. The van der Waals surface area contributed by atoms with E-state index >= 15 is 0 Å². The lowest BCUT2D eigenvalue weighted by Gasteiger charge is -2.23. The largest absolute Gasteiger partial charge is 0.493 e. The fraction of sp³-hybridized carbons (Fsp3) is 0.320. The van der Waals surface area contributed by atoms with E-state index in [2.05, 4.69) is 10.6 Å². The van der Waals surface area contributed by atoms with Crippen LogP contribution < -0.4 is 25.0 Å². The number of fused-ring (bicyclic) bond motifs is 1. The van der Waals surface area contributed by atoms with E-state index in [0.717, 1.165) is 0 Å². The van der Waals surface area contributed by atoms with Gasteiger partial charge in [-0.05, 0) is 36.4 Å². The maximum absolute atomic E-state index is 13.5. The van der Waals surface area contributed by atoms with E-state index in [-0.39, 0.29) is 17.7 Å². The van der Waals surface area contributed by atoms with Gasteiger partial charge in [-0.2, -0.15) is 0 Å². The Morgan fingerprint density at radius 3 is 2.41 bits per heavy atom. The highest BCUT2D eigenvalue weighted by molar-refractivity contribution is 6.05. The number of hydrogen-bond acceptors (Lipinski definition) is 6. The average Bonchev–Trinajstić information content (AvgIpc) is 3.47. The van der Waals surface area contributed by atoms with Crippen LogP contribution >= 0.6 is 0 Å². The highest BCUT2D eigenvalue weighted by Gasteiger charge is 2.67. The molecule has 2 bridgehead atoms. The van der Waals surface area contributed by atoms with Crippen LogP contribution in [-0.4, -0.2) is 50.2 Å². The molecule has 2 saturated heterocycles. The van der Waals surface area contributed by atoms with Crippen molar-refractivity contribution in [2.45, 2.75) is 18.6 Å². The topological polar surface area (TPSA) is 106 Å². The fourth-order valence-corrected chi connectivity index (χ4v) is 5.08. The summed E-state index contributed by atoms with van der Waals surface area (Å²) < 4.78 is 16.8. The molecular formula is C25H25N3O6. The Labute approximate surface area is 196 Å². The molecule has 3 amide bonds. The summed E-state index contributed by atoms with van der Waals surface area (Å²) in [4.78, 5) is 39.8. The van der Waals surface area contributed by atoms with Crippen molar-refractivity contribution < 1.29 is 28.6 Å². The first-order chi connectivity index (χ1) is 16.3. The number of nitrogens with zero attached hydrogens (tertiary/aromatic N) is 1. The Bertz CT molecular complexity index is 1190. The zero-order valence-corrected chi connectivity index (χ0v) is 19.0. The molecule has 176 valence electrons. The first-order valence-electron chi connectivity index (χ1n) is 10.9. The molecule has 0 aromatic heterocycles. The molecule has 4 atom stereocenters. The van der Waals surface area contributed by atoms with Crippen molar-refractivity contribution in [1.82, 2.24) is 0 Å². The Morgan fingerprint density at radius 1 is 1.03 bits per heavy atom. The van der Waals surface area contributed by atoms with Gasteiger partial charge >= 0.3 is 0 Å². The van der Waals surface area contributed by atoms with Crippen LogP contribution in [0.15, 0.2) is 54.6 Å². The van der Waals surface area contributed by atoms with Gasteiger partial charge in [0.15, 0.2) is 11.5 Å². The normalized spacial score (nSPS) is 26.4. The molecule has 9 nitrogen and oxygen atoms in total. The van der Waals surface area contributed by atoms with Gasteiger partial charge in [-0.25, -0.2) is 0 Å².